The quantitative estimate of drug-likeness (QED) is 0.499. The molecule has 1 aromatic rings. The first-order valence-electron chi connectivity index (χ1n) is 5.36. The molecule has 7 heteroatoms. The molecular weight excluding hydrogens is 337 g/mol. The largest absolute Gasteiger partial charge is 0.489 e. The fourth-order valence-corrected chi connectivity index (χ4v) is 1.67. The zero-order valence-corrected chi connectivity index (χ0v) is 12.8. The fraction of sp³-hybridized carbons (Fsp3) is 0.333. The molecule has 0 N–H and O–H groups in total. The standard InChI is InChI=1S/C12H11Cl4FO2/c13-3-1-4-19-12-9(14)6-8(7-10(12)17)18-5-2-11(15)16/h2,6-7H,1,3-5H2. The Morgan fingerprint density at radius 2 is 2.00 bits per heavy atom. The number of ether oxygens (including phenoxy) is 2. The lowest BCUT2D eigenvalue weighted by atomic mass is 10.3. The Bertz CT molecular complexity index is 424. The molecule has 0 heterocycles. The predicted molar refractivity (Wildman–Crippen MR) is 77.5 cm³/mol. The van der Waals surface area contributed by atoms with Crippen LogP contribution in [0.25, 0.3) is 0 Å². The van der Waals surface area contributed by atoms with Gasteiger partial charge in [0.1, 0.15) is 16.8 Å². The molecule has 2 nitrogen and oxygen atoms in total. The SMILES string of the molecule is Fc1cc(OCC=C(Cl)Cl)cc(Cl)c1OCCCCl. The van der Waals surface area contributed by atoms with Crippen LogP contribution in [-0.4, -0.2) is 19.1 Å². The molecule has 1 aromatic carbocycles. The van der Waals surface area contributed by atoms with Gasteiger partial charge in [0.25, 0.3) is 0 Å². The molecule has 0 saturated carbocycles. The van der Waals surface area contributed by atoms with Gasteiger partial charge < -0.3 is 9.47 Å². The van der Waals surface area contributed by atoms with Gasteiger partial charge in [-0.2, -0.15) is 0 Å². The molecule has 0 aromatic heterocycles. The van der Waals surface area contributed by atoms with Gasteiger partial charge in [0.05, 0.1) is 11.6 Å². The molecule has 106 valence electrons. The first-order chi connectivity index (χ1) is 9.04. The molecule has 1 rings (SSSR count). The summed E-state index contributed by atoms with van der Waals surface area (Å²) in [5.74, 6) is 0.0903. The minimum atomic E-state index is -0.599. The van der Waals surface area contributed by atoms with Crippen LogP contribution in [0.3, 0.4) is 0 Å². The maximum absolute atomic E-state index is 13.7. The molecule has 0 amide bonds. The summed E-state index contributed by atoms with van der Waals surface area (Å²) >= 11 is 22.2. The lowest BCUT2D eigenvalue weighted by Crippen LogP contribution is -2.01. The van der Waals surface area contributed by atoms with Crippen molar-refractivity contribution in [3.63, 3.8) is 0 Å². The fourth-order valence-electron chi connectivity index (χ4n) is 1.19. The lowest BCUT2D eigenvalue weighted by Gasteiger charge is -2.10. The van der Waals surface area contributed by atoms with E-state index in [1.54, 1.807) is 0 Å². The van der Waals surface area contributed by atoms with E-state index in [-0.39, 0.29) is 27.6 Å². The van der Waals surface area contributed by atoms with Crippen molar-refractivity contribution in [1.29, 1.82) is 0 Å². The highest BCUT2D eigenvalue weighted by atomic mass is 35.5. The maximum atomic E-state index is 13.7. The summed E-state index contributed by atoms with van der Waals surface area (Å²) < 4.78 is 24.2. The van der Waals surface area contributed by atoms with E-state index in [1.165, 1.54) is 18.2 Å². The summed E-state index contributed by atoms with van der Waals surface area (Å²) in [6, 6.07) is 2.63. The molecule has 0 aliphatic rings. The van der Waals surface area contributed by atoms with Crippen molar-refractivity contribution in [3.8, 4) is 11.5 Å². The van der Waals surface area contributed by atoms with Gasteiger partial charge in [-0.15, -0.1) is 11.6 Å². The van der Waals surface area contributed by atoms with Crippen LogP contribution >= 0.6 is 46.4 Å². The van der Waals surface area contributed by atoms with E-state index in [0.29, 0.717) is 18.9 Å². The molecule has 0 spiro atoms. The minimum Gasteiger partial charge on any atom is -0.489 e. The highest BCUT2D eigenvalue weighted by molar-refractivity contribution is 6.55. The molecule has 0 saturated heterocycles. The van der Waals surface area contributed by atoms with Crippen molar-refractivity contribution < 1.29 is 13.9 Å². The average Bonchev–Trinajstić information content (AvgIpc) is 2.32. The third-order valence-electron chi connectivity index (χ3n) is 1.98. The van der Waals surface area contributed by atoms with E-state index in [2.05, 4.69) is 0 Å². The summed E-state index contributed by atoms with van der Waals surface area (Å²) in [6.07, 6.45) is 2.04. The van der Waals surface area contributed by atoms with Crippen molar-refractivity contribution in [2.24, 2.45) is 0 Å². The van der Waals surface area contributed by atoms with Crippen molar-refractivity contribution in [3.05, 3.63) is 33.5 Å². The molecule has 0 fully saturated rings. The number of rotatable bonds is 7. The summed E-state index contributed by atoms with van der Waals surface area (Å²) in [5, 5.41) is 0.130. The Kier molecular flexibility index (Phi) is 7.69. The van der Waals surface area contributed by atoms with Gasteiger partial charge in [-0.05, 0) is 12.5 Å². The van der Waals surface area contributed by atoms with E-state index in [1.807, 2.05) is 0 Å². The van der Waals surface area contributed by atoms with Gasteiger partial charge in [0, 0.05) is 18.0 Å². The van der Waals surface area contributed by atoms with Crippen LogP contribution < -0.4 is 9.47 Å². The molecule has 0 bridgehead atoms. The van der Waals surface area contributed by atoms with Gasteiger partial charge in [0.2, 0.25) is 0 Å². The summed E-state index contributed by atoms with van der Waals surface area (Å²) in [7, 11) is 0. The van der Waals surface area contributed by atoms with Crippen LogP contribution in [0.4, 0.5) is 4.39 Å². The predicted octanol–water partition coefficient (Wildman–Crippen LogP) is 5.18. The number of hydrogen-bond donors (Lipinski definition) is 0. The number of hydrogen-bond acceptors (Lipinski definition) is 2. The first kappa shape index (κ1) is 16.7. The van der Waals surface area contributed by atoms with Crippen LogP contribution in [0.2, 0.25) is 5.02 Å². The Hall–Kier alpha value is -0.350. The Morgan fingerprint density at radius 3 is 2.58 bits per heavy atom. The molecule has 0 radical (unpaired) electrons. The van der Waals surface area contributed by atoms with Gasteiger partial charge in [-0.1, -0.05) is 34.8 Å². The van der Waals surface area contributed by atoms with Crippen molar-refractivity contribution in [2.45, 2.75) is 6.42 Å². The number of halogens is 5. The maximum Gasteiger partial charge on any atom is 0.173 e. The Labute approximate surface area is 131 Å². The third kappa shape index (κ3) is 6.09. The molecule has 0 atom stereocenters. The zero-order chi connectivity index (χ0) is 14.3. The topological polar surface area (TPSA) is 18.5 Å². The smallest absolute Gasteiger partial charge is 0.173 e. The normalized spacial score (nSPS) is 10.2. The number of benzene rings is 1. The second-order valence-corrected chi connectivity index (χ2v) is 5.20. The summed E-state index contributed by atoms with van der Waals surface area (Å²) in [6.45, 7) is 0.412. The van der Waals surface area contributed by atoms with Crippen LogP contribution in [0, 0.1) is 5.82 Å². The molecule has 0 aliphatic heterocycles. The summed E-state index contributed by atoms with van der Waals surface area (Å²) in [4.78, 5) is 0. The Morgan fingerprint density at radius 1 is 1.26 bits per heavy atom. The Balaban J connectivity index is 2.70. The lowest BCUT2D eigenvalue weighted by molar-refractivity contribution is 0.299. The number of alkyl halides is 1. The first-order valence-corrected chi connectivity index (χ1v) is 7.03. The highest BCUT2D eigenvalue weighted by Gasteiger charge is 2.11. The van der Waals surface area contributed by atoms with Crippen molar-refractivity contribution >= 4 is 46.4 Å². The van der Waals surface area contributed by atoms with Gasteiger partial charge >= 0.3 is 0 Å². The second kappa shape index (κ2) is 8.75. The van der Waals surface area contributed by atoms with Crippen LogP contribution in [-0.2, 0) is 0 Å². The molecular formula is C12H11Cl4FO2. The third-order valence-corrected chi connectivity index (χ3v) is 2.84. The summed E-state index contributed by atoms with van der Waals surface area (Å²) in [5.41, 5.74) is 0. The van der Waals surface area contributed by atoms with E-state index >= 15 is 0 Å². The van der Waals surface area contributed by atoms with Crippen LogP contribution in [0.5, 0.6) is 11.5 Å². The molecule has 19 heavy (non-hydrogen) atoms. The van der Waals surface area contributed by atoms with Crippen LogP contribution in [0.1, 0.15) is 6.42 Å². The van der Waals surface area contributed by atoms with Gasteiger partial charge in [0.15, 0.2) is 11.6 Å². The average molecular weight is 348 g/mol. The molecule has 0 unspecified atom stereocenters. The van der Waals surface area contributed by atoms with Crippen molar-refractivity contribution in [2.75, 3.05) is 19.1 Å². The van der Waals surface area contributed by atoms with Crippen LogP contribution in [0.15, 0.2) is 22.7 Å². The highest BCUT2D eigenvalue weighted by Crippen LogP contribution is 2.32. The van der Waals surface area contributed by atoms with E-state index in [9.17, 15) is 4.39 Å². The van der Waals surface area contributed by atoms with E-state index in [4.69, 9.17) is 55.9 Å². The van der Waals surface area contributed by atoms with E-state index in [0.717, 1.165) is 0 Å². The van der Waals surface area contributed by atoms with E-state index < -0.39 is 5.82 Å². The van der Waals surface area contributed by atoms with Gasteiger partial charge in [-0.3, -0.25) is 0 Å². The molecule has 0 aliphatic carbocycles. The van der Waals surface area contributed by atoms with Crippen molar-refractivity contribution in [1.82, 2.24) is 0 Å². The minimum absolute atomic E-state index is 0.00921. The van der Waals surface area contributed by atoms with Gasteiger partial charge in [-0.25, -0.2) is 4.39 Å². The monoisotopic (exact) mass is 346 g/mol. The zero-order valence-electron chi connectivity index (χ0n) is 9.77. The second-order valence-electron chi connectivity index (χ2n) is 3.41.